The zero-order valence-electron chi connectivity index (χ0n) is 10.4. The predicted octanol–water partition coefficient (Wildman–Crippen LogP) is 2.93. The number of imidazole rings is 1. The molecule has 0 aliphatic rings. The van der Waals surface area contributed by atoms with Gasteiger partial charge in [0.15, 0.2) is 0 Å². The van der Waals surface area contributed by atoms with Gasteiger partial charge in [0.05, 0.1) is 6.54 Å². The Morgan fingerprint density at radius 3 is 2.78 bits per heavy atom. The van der Waals surface area contributed by atoms with Crippen molar-refractivity contribution in [2.24, 2.45) is 7.05 Å². The lowest BCUT2D eigenvalue weighted by Gasteiger charge is -2.19. The number of anilines is 1. The molecule has 96 valence electrons. The largest absolute Gasteiger partial charge is 0.367 e. The van der Waals surface area contributed by atoms with Crippen LogP contribution >= 0.6 is 11.6 Å². The molecular weight excluding hydrogens is 253 g/mol. The molecule has 1 aromatic heterocycles. The van der Waals surface area contributed by atoms with E-state index < -0.39 is 0 Å². The molecule has 0 aliphatic carbocycles. The van der Waals surface area contributed by atoms with Gasteiger partial charge in [-0.1, -0.05) is 0 Å². The monoisotopic (exact) mass is 267 g/mol. The van der Waals surface area contributed by atoms with Crippen molar-refractivity contribution in [3.05, 3.63) is 47.8 Å². The van der Waals surface area contributed by atoms with Gasteiger partial charge in [0.2, 0.25) is 0 Å². The third-order valence-electron chi connectivity index (χ3n) is 2.84. The number of aryl methyl sites for hydroxylation is 1. The summed E-state index contributed by atoms with van der Waals surface area (Å²) in [5.74, 6) is 0.963. The number of alkyl halides is 1. The Bertz CT molecular complexity index is 539. The van der Waals surface area contributed by atoms with Gasteiger partial charge in [-0.3, -0.25) is 0 Å². The predicted molar refractivity (Wildman–Crippen MR) is 71.3 cm³/mol. The Labute approximate surface area is 111 Å². The topological polar surface area (TPSA) is 21.1 Å². The molecule has 2 rings (SSSR count). The van der Waals surface area contributed by atoms with Crippen molar-refractivity contribution < 1.29 is 4.39 Å². The Hall–Kier alpha value is -1.55. The van der Waals surface area contributed by atoms with E-state index in [0.717, 1.165) is 17.1 Å². The zero-order valence-corrected chi connectivity index (χ0v) is 11.2. The van der Waals surface area contributed by atoms with Crippen molar-refractivity contribution in [3.8, 4) is 0 Å². The molecule has 0 radical (unpaired) electrons. The molecule has 0 spiro atoms. The Morgan fingerprint density at radius 1 is 1.39 bits per heavy atom. The summed E-state index contributed by atoms with van der Waals surface area (Å²) in [6.45, 7) is 0.620. The molecule has 0 bridgehead atoms. The van der Waals surface area contributed by atoms with Crippen molar-refractivity contribution >= 4 is 17.3 Å². The second-order valence-corrected chi connectivity index (χ2v) is 4.53. The minimum absolute atomic E-state index is 0.269. The summed E-state index contributed by atoms with van der Waals surface area (Å²) in [4.78, 5) is 6.19. The van der Waals surface area contributed by atoms with E-state index in [4.69, 9.17) is 11.6 Å². The Kier molecular flexibility index (Phi) is 3.87. The van der Waals surface area contributed by atoms with Crippen LogP contribution in [0.15, 0.2) is 30.6 Å². The van der Waals surface area contributed by atoms with Crippen LogP contribution in [0.3, 0.4) is 0 Å². The maximum atomic E-state index is 13.4. The van der Waals surface area contributed by atoms with Crippen LogP contribution in [-0.4, -0.2) is 16.6 Å². The molecule has 3 nitrogen and oxygen atoms in total. The van der Waals surface area contributed by atoms with Gasteiger partial charge in [0.1, 0.15) is 11.6 Å². The first-order valence-electron chi connectivity index (χ1n) is 5.63. The SMILES string of the molecule is CN(Cc1nccn1C)c1cc(F)cc(CCl)c1. The van der Waals surface area contributed by atoms with Gasteiger partial charge in [0.25, 0.3) is 0 Å². The van der Waals surface area contributed by atoms with E-state index in [2.05, 4.69) is 4.98 Å². The van der Waals surface area contributed by atoms with Gasteiger partial charge in [-0.25, -0.2) is 9.37 Å². The molecule has 0 atom stereocenters. The van der Waals surface area contributed by atoms with Crippen LogP contribution in [-0.2, 0) is 19.5 Å². The van der Waals surface area contributed by atoms with Gasteiger partial charge in [0, 0.05) is 38.1 Å². The number of aromatic nitrogens is 2. The molecule has 1 aromatic carbocycles. The number of rotatable bonds is 4. The Balaban J connectivity index is 2.20. The van der Waals surface area contributed by atoms with Crippen molar-refractivity contribution in [2.75, 3.05) is 11.9 Å². The van der Waals surface area contributed by atoms with E-state index in [0.29, 0.717) is 12.4 Å². The van der Waals surface area contributed by atoms with Crippen LogP contribution in [0, 0.1) is 5.82 Å². The van der Waals surface area contributed by atoms with Crippen molar-refractivity contribution in [3.63, 3.8) is 0 Å². The quantitative estimate of drug-likeness (QED) is 0.794. The van der Waals surface area contributed by atoms with E-state index in [-0.39, 0.29) is 5.82 Å². The molecule has 0 saturated heterocycles. The molecule has 1 heterocycles. The minimum atomic E-state index is -0.269. The third kappa shape index (κ3) is 2.82. The Morgan fingerprint density at radius 2 is 2.17 bits per heavy atom. The summed E-state index contributed by atoms with van der Waals surface area (Å²) in [6, 6.07) is 4.84. The first-order chi connectivity index (χ1) is 8.60. The average molecular weight is 268 g/mol. The minimum Gasteiger partial charge on any atom is -0.367 e. The normalized spacial score (nSPS) is 10.7. The van der Waals surface area contributed by atoms with Crippen molar-refractivity contribution in [2.45, 2.75) is 12.4 Å². The molecule has 0 aliphatic heterocycles. The second kappa shape index (κ2) is 5.40. The fraction of sp³-hybridized carbons (Fsp3) is 0.308. The van der Waals surface area contributed by atoms with E-state index in [1.807, 2.05) is 35.8 Å². The smallest absolute Gasteiger partial charge is 0.127 e. The lowest BCUT2D eigenvalue weighted by Crippen LogP contribution is -2.19. The third-order valence-corrected chi connectivity index (χ3v) is 3.15. The molecule has 18 heavy (non-hydrogen) atoms. The summed E-state index contributed by atoms with van der Waals surface area (Å²) >= 11 is 5.74. The highest BCUT2D eigenvalue weighted by Gasteiger charge is 2.08. The summed E-state index contributed by atoms with van der Waals surface area (Å²) in [5, 5.41) is 0. The van der Waals surface area contributed by atoms with Crippen molar-refractivity contribution in [1.29, 1.82) is 0 Å². The highest BCUT2D eigenvalue weighted by Crippen LogP contribution is 2.20. The number of nitrogens with zero attached hydrogens (tertiary/aromatic N) is 3. The van der Waals surface area contributed by atoms with Crippen LogP contribution in [0.5, 0.6) is 0 Å². The molecule has 2 aromatic rings. The van der Waals surface area contributed by atoms with Crippen LogP contribution in [0.2, 0.25) is 0 Å². The van der Waals surface area contributed by atoms with Crippen LogP contribution in [0.1, 0.15) is 11.4 Å². The van der Waals surface area contributed by atoms with Gasteiger partial charge in [-0.05, 0) is 23.8 Å². The highest BCUT2D eigenvalue weighted by atomic mass is 35.5. The van der Waals surface area contributed by atoms with Gasteiger partial charge in [-0.2, -0.15) is 0 Å². The zero-order chi connectivity index (χ0) is 13.1. The standard InChI is InChI=1S/C13H15ClFN3/c1-17-4-3-16-13(17)9-18(2)12-6-10(8-14)5-11(15)7-12/h3-7H,8-9H2,1-2H3. The van der Waals surface area contributed by atoms with E-state index in [1.165, 1.54) is 12.1 Å². The second-order valence-electron chi connectivity index (χ2n) is 4.26. The molecule has 0 saturated carbocycles. The number of hydrogen-bond acceptors (Lipinski definition) is 2. The van der Waals surface area contributed by atoms with Gasteiger partial charge < -0.3 is 9.47 Å². The first kappa shape index (κ1) is 12.9. The summed E-state index contributed by atoms with van der Waals surface area (Å²) in [5.41, 5.74) is 1.58. The number of hydrogen-bond donors (Lipinski definition) is 0. The van der Waals surface area contributed by atoms with E-state index in [1.54, 1.807) is 6.20 Å². The molecule has 0 unspecified atom stereocenters. The number of halogens is 2. The fourth-order valence-electron chi connectivity index (χ4n) is 1.78. The molecule has 0 N–H and O–H groups in total. The van der Waals surface area contributed by atoms with Crippen molar-refractivity contribution in [1.82, 2.24) is 9.55 Å². The molecule has 0 amide bonds. The van der Waals surface area contributed by atoms with Crippen LogP contribution in [0.25, 0.3) is 0 Å². The average Bonchev–Trinajstić information content (AvgIpc) is 2.74. The molecular formula is C13H15ClFN3. The number of benzene rings is 1. The first-order valence-corrected chi connectivity index (χ1v) is 6.16. The molecule has 0 fully saturated rings. The highest BCUT2D eigenvalue weighted by molar-refractivity contribution is 6.17. The van der Waals surface area contributed by atoms with Crippen LogP contribution < -0.4 is 4.90 Å². The lowest BCUT2D eigenvalue weighted by atomic mass is 10.2. The summed E-state index contributed by atoms with van der Waals surface area (Å²) in [7, 11) is 3.84. The van der Waals surface area contributed by atoms with E-state index in [9.17, 15) is 4.39 Å². The van der Waals surface area contributed by atoms with E-state index >= 15 is 0 Å². The fourth-order valence-corrected chi connectivity index (χ4v) is 1.94. The van der Waals surface area contributed by atoms with Gasteiger partial charge >= 0.3 is 0 Å². The van der Waals surface area contributed by atoms with Gasteiger partial charge in [-0.15, -0.1) is 11.6 Å². The molecule has 5 heteroatoms. The summed E-state index contributed by atoms with van der Waals surface area (Å²) in [6.07, 6.45) is 3.64. The maximum Gasteiger partial charge on any atom is 0.127 e. The van der Waals surface area contributed by atoms with Crippen LogP contribution in [0.4, 0.5) is 10.1 Å². The maximum absolute atomic E-state index is 13.4. The summed E-state index contributed by atoms with van der Waals surface area (Å²) < 4.78 is 15.4. The lowest BCUT2D eigenvalue weighted by molar-refractivity contribution is 0.625.